The maximum atomic E-state index is 12.8. The molecule has 0 radical (unpaired) electrons. The van der Waals surface area contributed by atoms with E-state index in [0.29, 0.717) is 42.1 Å². The summed E-state index contributed by atoms with van der Waals surface area (Å²) in [6, 6.07) is 7.44. The number of amides is 2. The van der Waals surface area contributed by atoms with Gasteiger partial charge in [-0.2, -0.15) is 0 Å². The number of nitrogens with one attached hydrogen (secondary N) is 1. The maximum absolute atomic E-state index is 12.8. The fourth-order valence-electron chi connectivity index (χ4n) is 10.5. The van der Waals surface area contributed by atoms with Crippen LogP contribution in [0.4, 0.5) is 4.79 Å². The lowest BCUT2D eigenvalue weighted by Crippen LogP contribution is -2.62. The fourth-order valence-corrected chi connectivity index (χ4v) is 11.6. The number of hydrogen-bond donors (Lipinski definition) is 3. The minimum absolute atomic E-state index is 0.103. The number of carbonyl (C=O) groups is 1. The second kappa shape index (κ2) is 11.5. The molecule has 0 aromatic heterocycles. The number of benzene rings is 1. The number of rotatable bonds is 7. The topological polar surface area (TPSA) is 107 Å². The highest BCUT2D eigenvalue weighted by atomic mass is 32.2. The molecule has 41 heavy (non-hydrogen) atoms. The van der Waals surface area contributed by atoms with Crippen LogP contribution in [0.3, 0.4) is 0 Å². The van der Waals surface area contributed by atoms with E-state index in [-0.39, 0.29) is 33.9 Å². The van der Waals surface area contributed by atoms with Gasteiger partial charge in [0.05, 0.1) is 17.1 Å². The SMILES string of the molecule is CC[C@H]1[C@@H](O)[C@@H]2[C@H](CC[C@]3(C)[C@@H]([C@H](C)CCNC(=O)N(C)S(=O)(=O)c4ccccc4)CC[C@@H]23)[C@@]2(C)CC[C@@H](O)C[C@@H]12. The standard InChI is InChI=1S/C33H52N2O5S/c1-6-24-28-20-22(36)14-17-33(28,4)27-15-18-32(3)25(12-13-26(32)29(27)30(24)37)21(2)16-19-34-31(38)35(5)41(39,40)23-10-8-7-9-11-23/h7-11,21-22,24-30,36-37H,6,12-20H2,1-5H3,(H,34,38)/t21-,22-,24-,25-,26+,27+,28+,29+,30-,32-,33-/m1/s1. The predicted octanol–water partition coefficient (Wildman–Crippen LogP) is 5.67. The highest BCUT2D eigenvalue weighted by Gasteiger charge is 2.64. The van der Waals surface area contributed by atoms with E-state index >= 15 is 0 Å². The second-order valence-corrected chi connectivity index (χ2v) is 16.4. The average molecular weight is 589 g/mol. The molecule has 11 atom stereocenters. The molecule has 0 spiro atoms. The first-order valence-electron chi connectivity index (χ1n) is 16.0. The van der Waals surface area contributed by atoms with Crippen LogP contribution in [0.1, 0.15) is 85.5 Å². The van der Waals surface area contributed by atoms with E-state index in [1.807, 2.05) is 0 Å². The number of fused-ring (bicyclic) bond motifs is 5. The van der Waals surface area contributed by atoms with Crippen LogP contribution in [-0.2, 0) is 10.0 Å². The van der Waals surface area contributed by atoms with Gasteiger partial charge < -0.3 is 15.5 Å². The summed E-state index contributed by atoms with van der Waals surface area (Å²) in [5.41, 5.74) is 0.361. The minimum atomic E-state index is -3.89. The van der Waals surface area contributed by atoms with Crippen molar-refractivity contribution in [3.05, 3.63) is 30.3 Å². The van der Waals surface area contributed by atoms with Gasteiger partial charge in [0.1, 0.15) is 0 Å². The number of aliphatic hydroxyl groups is 2. The Morgan fingerprint density at radius 1 is 1.02 bits per heavy atom. The summed E-state index contributed by atoms with van der Waals surface area (Å²) >= 11 is 0. The quantitative estimate of drug-likeness (QED) is 0.381. The lowest BCUT2D eigenvalue weighted by atomic mass is 9.41. The lowest BCUT2D eigenvalue weighted by molar-refractivity contribution is -0.203. The Labute approximate surface area is 247 Å². The van der Waals surface area contributed by atoms with Gasteiger partial charge in [-0.25, -0.2) is 17.5 Å². The zero-order chi connectivity index (χ0) is 29.7. The van der Waals surface area contributed by atoms with Gasteiger partial charge in [0.15, 0.2) is 0 Å². The summed E-state index contributed by atoms with van der Waals surface area (Å²) in [6.45, 7) is 9.88. The molecule has 4 aliphatic rings. The smallest absolute Gasteiger partial charge is 0.331 e. The summed E-state index contributed by atoms with van der Waals surface area (Å²) in [6.07, 6.45) is 8.64. The van der Waals surface area contributed by atoms with Gasteiger partial charge in [-0.15, -0.1) is 0 Å². The molecule has 0 saturated heterocycles. The third kappa shape index (κ3) is 5.14. The molecule has 7 nitrogen and oxygen atoms in total. The molecule has 230 valence electrons. The molecule has 5 rings (SSSR count). The normalized spacial score (nSPS) is 41.0. The fraction of sp³-hybridized carbons (Fsp3) is 0.788. The molecule has 4 fully saturated rings. The molecule has 0 heterocycles. The van der Waals surface area contributed by atoms with Crippen LogP contribution in [-0.4, -0.2) is 54.8 Å². The lowest BCUT2D eigenvalue weighted by Gasteiger charge is -2.64. The van der Waals surface area contributed by atoms with E-state index in [1.54, 1.807) is 18.2 Å². The number of carbonyl (C=O) groups excluding carboxylic acids is 1. The van der Waals surface area contributed by atoms with Gasteiger partial charge in [-0.1, -0.05) is 52.3 Å². The molecule has 1 aromatic rings. The predicted molar refractivity (Wildman–Crippen MR) is 160 cm³/mol. The monoisotopic (exact) mass is 588 g/mol. The van der Waals surface area contributed by atoms with Crippen LogP contribution >= 0.6 is 0 Å². The molecule has 0 bridgehead atoms. The summed E-state index contributed by atoms with van der Waals surface area (Å²) in [7, 11) is -2.58. The first kappa shape index (κ1) is 30.8. The summed E-state index contributed by atoms with van der Waals surface area (Å²) < 4.78 is 26.4. The van der Waals surface area contributed by atoms with Gasteiger partial charge in [-0.3, -0.25) is 0 Å². The van der Waals surface area contributed by atoms with E-state index in [1.165, 1.54) is 25.6 Å². The summed E-state index contributed by atoms with van der Waals surface area (Å²) in [5.74, 6) is 2.90. The van der Waals surface area contributed by atoms with Crippen molar-refractivity contribution < 1.29 is 23.4 Å². The molecule has 0 aliphatic heterocycles. The number of urea groups is 1. The molecule has 1 aromatic carbocycles. The Kier molecular flexibility index (Phi) is 8.61. The Hall–Kier alpha value is -1.64. The van der Waals surface area contributed by atoms with Crippen LogP contribution in [0.25, 0.3) is 0 Å². The van der Waals surface area contributed by atoms with E-state index in [0.717, 1.165) is 55.7 Å². The molecule has 3 N–H and O–H groups in total. The van der Waals surface area contributed by atoms with E-state index < -0.39 is 16.1 Å². The zero-order valence-corrected chi connectivity index (χ0v) is 26.4. The Morgan fingerprint density at radius 2 is 1.68 bits per heavy atom. The molecule has 8 heteroatoms. The van der Waals surface area contributed by atoms with Crippen molar-refractivity contribution in [3.63, 3.8) is 0 Å². The van der Waals surface area contributed by atoms with Crippen LogP contribution in [0, 0.1) is 52.3 Å². The van der Waals surface area contributed by atoms with Crippen molar-refractivity contribution in [2.45, 2.75) is 103 Å². The van der Waals surface area contributed by atoms with Gasteiger partial charge >= 0.3 is 6.03 Å². The van der Waals surface area contributed by atoms with Crippen LogP contribution in [0.15, 0.2) is 35.2 Å². The van der Waals surface area contributed by atoms with Crippen LogP contribution < -0.4 is 5.32 Å². The zero-order valence-electron chi connectivity index (χ0n) is 25.6. The highest BCUT2D eigenvalue weighted by Crippen LogP contribution is 2.69. The van der Waals surface area contributed by atoms with Crippen LogP contribution in [0.2, 0.25) is 0 Å². The molecule has 0 unspecified atom stereocenters. The largest absolute Gasteiger partial charge is 0.393 e. The molecular weight excluding hydrogens is 536 g/mol. The molecule has 4 saturated carbocycles. The van der Waals surface area contributed by atoms with Crippen molar-refractivity contribution in [2.75, 3.05) is 13.6 Å². The first-order valence-corrected chi connectivity index (χ1v) is 17.5. The summed E-state index contributed by atoms with van der Waals surface area (Å²) in [4.78, 5) is 12.9. The van der Waals surface area contributed by atoms with Crippen molar-refractivity contribution in [1.29, 1.82) is 0 Å². The Morgan fingerprint density at radius 3 is 2.37 bits per heavy atom. The Balaban J connectivity index is 1.24. The van der Waals surface area contributed by atoms with E-state index in [9.17, 15) is 23.4 Å². The van der Waals surface area contributed by atoms with Gasteiger partial charge in [-0.05, 0) is 116 Å². The molecular formula is C33H52N2O5S. The van der Waals surface area contributed by atoms with Crippen molar-refractivity contribution in [1.82, 2.24) is 9.62 Å². The second-order valence-electron chi connectivity index (χ2n) is 14.4. The molecule has 4 aliphatic carbocycles. The third-order valence-corrected chi connectivity index (χ3v) is 14.5. The van der Waals surface area contributed by atoms with E-state index in [2.05, 4.69) is 33.0 Å². The van der Waals surface area contributed by atoms with Gasteiger partial charge in [0.25, 0.3) is 10.0 Å². The number of hydrogen-bond acceptors (Lipinski definition) is 5. The van der Waals surface area contributed by atoms with Gasteiger partial charge in [0, 0.05) is 13.6 Å². The van der Waals surface area contributed by atoms with Crippen molar-refractivity contribution >= 4 is 16.1 Å². The summed E-state index contributed by atoms with van der Waals surface area (Å²) in [5, 5.41) is 25.3. The average Bonchev–Trinajstić information content (AvgIpc) is 3.31. The number of aliphatic hydroxyl groups excluding tert-OH is 2. The minimum Gasteiger partial charge on any atom is -0.393 e. The van der Waals surface area contributed by atoms with E-state index in [4.69, 9.17) is 0 Å². The van der Waals surface area contributed by atoms with Crippen LogP contribution in [0.5, 0.6) is 0 Å². The van der Waals surface area contributed by atoms with Crippen molar-refractivity contribution in [2.24, 2.45) is 52.3 Å². The number of sulfonamides is 1. The first-order chi connectivity index (χ1) is 19.4. The van der Waals surface area contributed by atoms with Gasteiger partial charge in [0.2, 0.25) is 0 Å². The third-order valence-electron chi connectivity index (χ3n) is 12.7. The molecule has 2 amide bonds. The number of nitrogens with zero attached hydrogens (tertiary/aromatic N) is 1. The maximum Gasteiger partial charge on any atom is 0.331 e. The highest BCUT2D eigenvalue weighted by molar-refractivity contribution is 7.89. The van der Waals surface area contributed by atoms with Crippen molar-refractivity contribution in [3.8, 4) is 0 Å². The Bertz CT molecular complexity index is 1190.